The molecule has 4 aromatic carbocycles. The van der Waals surface area contributed by atoms with Crippen molar-refractivity contribution in [1.82, 2.24) is 20.2 Å². The van der Waals surface area contributed by atoms with E-state index in [-0.39, 0.29) is 0 Å². The smallest absolute Gasteiger partial charge is 0.161 e. The molecule has 2 aromatic heterocycles. The fourth-order valence-corrected chi connectivity index (χ4v) is 3.96. The molecular weight excluding hydrogens is 394 g/mol. The van der Waals surface area contributed by atoms with Gasteiger partial charge in [0, 0.05) is 27.6 Å². The molecular formula is C27H19N5. The first kappa shape index (κ1) is 18.3. The van der Waals surface area contributed by atoms with Crippen molar-refractivity contribution in [3.8, 4) is 22.6 Å². The van der Waals surface area contributed by atoms with Crippen LogP contribution in [0.25, 0.3) is 44.5 Å². The van der Waals surface area contributed by atoms with Gasteiger partial charge in [0.1, 0.15) is 11.5 Å². The Labute approximate surface area is 184 Å². The van der Waals surface area contributed by atoms with Gasteiger partial charge in [-0.2, -0.15) is 0 Å². The number of aromatic amines is 1. The number of hydrogen-bond acceptors (Lipinski definition) is 4. The van der Waals surface area contributed by atoms with E-state index in [1.807, 2.05) is 78.9 Å². The second-order valence-electron chi connectivity index (χ2n) is 7.62. The van der Waals surface area contributed by atoms with E-state index in [0.29, 0.717) is 0 Å². The third kappa shape index (κ3) is 3.26. The van der Waals surface area contributed by atoms with Crippen molar-refractivity contribution in [2.75, 3.05) is 5.32 Å². The zero-order valence-corrected chi connectivity index (χ0v) is 17.2. The normalized spacial score (nSPS) is 11.1. The summed E-state index contributed by atoms with van der Waals surface area (Å²) >= 11 is 0. The maximum atomic E-state index is 4.77. The first-order chi connectivity index (χ1) is 15.8. The number of nitrogens with zero attached hydrogens (tertiary/aromatic N) is 3. The molecule has 32 heavy (non-hydrogen) atoms. The van der Waals surface area contributed by atoms with Gasteiger partial charge >= 0.3 is 0 Å². The Morgan fingerprint density at radius 1 is 0.625 bits per heavy atom. The molecule has 0 saturated heterocycles. The lowest BCUT2D eigenvalue weighted by Crippen LogP contribution is -1.99. The topological polar surface area (TPSA) is 66.5 Å². The van der Waals surface area contributed by atoms with Crippen LogP contribution >= 0.6 is 0 Å². The minimum absolute atomic E-state index is 0.721. The van der Waals surface area contributed by atoms with Gasteiger partial charge in [-0.3, -0.25) is 0 Å². The molecule has 0 aliphatic rings. The van der Waals surface area contributed by atoms with Crippen LogP contribution in [0.3, 0.4) is 0 Å². The predicted octanol–water partition coefficient (Wildman–Crippen LogP) is 6.58. The zero-order valence-electron chi connectivity index (χ0n) is 17.2. The maximum Gasteiger partial charge on any atom is 0.161 e. The molecule has 0 radical (unpaired) electrons. The van der Waals surface area contributed by atoms with E-state index in [4.69, 9.17) is 4.98 Å². The van der Waals surface area contributed by atoms with Gasteiger partial charge in [0.2, 0.25) is 0 Å². The van der Waals surface area contributed by atoms with E-state index in [1.165, 1.54) is 0 Å². The largest absolute Gasteiger partial charge is 0.338 e. The molecule has 0 fully saturated rings. The zero-order chi connectivity index (χ0) is 21.3. The van der Waals surface area contributed by atoms with Gasteiger partial charge in [0.25, 0.3) is 0 Å². The molecule has 0 amide bonds. The van der Waals surface area contributed by atoms with Gasteiger partial charge in [-0.15, -0.1) is 10.2 Å². The van der Waals surface area contributed by atoms with Gasteiger partial charge in [-0.1, -0.05) is 84.9 Å². The number of imidazole rings is 1. The molecule has 5 heteroatoms. The number of H-pyrrole nitrogens is 1. The summed E-state index contributed by atoms with van der Waals surface area (Å²) in [6.07, 6.45) is 0. The van der Waals surface area contributed by atoms with Crippen molar-refractivity contribution >= 4 is 33.3 Å². The van der Waals surface area contributed by atoms with E-state index in [1.54, 1.807) is 0 Å². The van der Waals surface area contributed by atoms with Crippen LogP contribution in [-0.2, 0) is 0 Å². The summed E-state index contributed by atoms with van der Waals surface area (Å²) in [5.74, 6) is 1.58. The summed E-state index contributed by atoms with van der Waals surface area (Å²) in [5, 5.41) is 14.6. The van der Waals surface area contributed by atoms with Crippen LogP contribution in [0.1, 0.15) is 0 Å². The molecule has 6 aromatic rings. The van der Waals surface area contributed by atoms with Crippen molar-refractivity contribution in [3.63, 3.8) is 0 Å². The number of rotatable bonds is 4. The third-order valence-corrected chi connectivity index (χ3v) is 5.53. The van der Waals surface area contributed by atoms with E-state index in [9.17, 15) is 0 Å². The molecule has 6 rings (SSSR count). The monoisotopic (exact) mass is 413 g/mol. The fourth-order valence-electron chi connectivity index (χ4n) is 3.96. The molecule has 0 unspecified atom stereocenters. The second kappa shape index (κ2) is 7.63. The molecule has 2 heterocycles. The summed E-state index contributed by atoms with van der Waals surface area (Å²) in [7, 11) is 0. The maximum absolute atomic E-state index is 4.77. The van der Waals surface area contributed by atoms with Crippen molar-refractivity contribution in [2.45, 2.75) is 0 Å². The molecule has 5 nitrogen and oxygen atoms in total. The Bertz CT molecular complexity index is 1540. The van der Waals surface area contributed by atoms with E-state index in [2.05, 4.69) is 44.8 Å². The van der Waals surface area contributed by atoms with Crippen molar-refractivity contribution < 1.29 is 0 Å². The average molecular weight is 413 g/mol. The summed E-state index contributed by atoms with van der Waals surface area (Å²) in [5.41, 5.74) is 5.79. The molecule has 152 valence electrons. The van der Waals surface area contributed by atoms with Crippen LogP contribution in [0.15, 0.2) is 103 Å². The van der Waals surface area contributed by atoms with Crippen LogP contribution < -0.4 is 5.32 Å². The van der Waals surface area contributed by atoms with Crippen LogP contribution in [-0.4, -0.2) is 20.2 Å². The average Bonchev–Trinajstić information content (AvgIpc) is 3.29. The van der Waals surface area contributed by atoms with E-state index >= 15 is 0 Å². The Morgan fingerprint density at radius 3 is 2.09 bits per heavy atom. The van der Waals surface area contributed by atoms with Crippen molar-refractivity contribution in [2.24, 2.45) is 0 Å². The highest BCUT2D eigenvalue weighted by Gasteiger charge is 2.12. The highest BCUT2D eigenvalue weighted by atomic mass is 15.2. The highest BCUT2D eigenvalue weighted by Crippen LogP contribution is 2.31. The summed E-state index contributed by atoms with van der Waals surface area (Å²) < 4.78 is 0. The number of anilines is 2. The lowest BCUT2D eigenvalue weighted by atomic mass is 10.0. The predicted molar refractivity (Wildman–Crippen MR) is 130 cm³/mol. The van der Waals surface area contributed by atoms with Gasteiger partial charge in [-0.05, 0) is 18.2 Å². The first-order valence-electron chi connectivity index (χ1n) is 10.5. The number of nitrogens with one attached hydrogen (secondary N) is 2. The van der Waals surface area contributed by atoms with Crippen LogP contribution in [0.4, 0.5) is 11.5 Å². The Kier molecular flexibility index (Phi) is 4.36. The summed E-state index contributed by atoms with van der Waals surface area (Å²) in [4.78, 5) is 8.16. The summed E-state index contributed by atoms with van der Waals surface area (Å²) in [6.45, 7) is 0. The van der Waals surface area contributed by atoms with Gasteiger partial charge in [0.05, 0.1) is 11.0 Å². The molecule has 0 spiro atoms. The SMILES string of the molecule is c1ccc(-c2nc3cc(Nc4nnc(-c5ccccc5)c5ccccc45)ccc3[nH]2)cc1. The quantitative estimate of drug-likeness (QED) is 0.342. The molecule has 0 aliphatic heterocycles. The van der Waals surface area contributed by atoms with E-state index in [0.717, 1.165) is 56.0 Å². The Balaban J connectivity index is 1.39. The molecule has 0 atom stereocenters. The van der Waals surface area contributed by atoms with Crippen molar-refractivity contribution in [1.29, 1.82) is 0 Å². The van der Waals surface area contributed by atoms with Gasteiger partial charge < -0.3 is 10.3 Å². The number of aromatic nitrogens is 4. The molecule has 2 N–H and O–H groups in total. The standard InChI is InChI=1S/C27H19N5/c1-3-9-18(10-4-1)25-21-13-7-8-14-22(21)27(32-31-25)28-20-15-16-23-24(17-20)30-26(29-23)19-11-5-2-6-12-19/h1-17H,(H,28,32)(H,29,30). The van der Waals surface area contributed by atoms with Crippen LogP contribution in [0.5, 0.6) is 0 Å². The van der Waals surface area contributed by atoms with Crippen LogP contribution in [0.2, 0.25) is 0 Å². The molecule has 0 bridgehead atoms. The first-order valence-corrected chi connectivity index (χ1v) is 10.5. The minimum Gasteiger partial charge on any atom is -0.338 e. The number of fused-ring (bicyclic) bond motifs is 2. The lowest BCUT2D eigenvalue weighted by Gasteiger charge is -2.11. The van der Waals surface area contributed by atoms with Gasteiger partial charge in [-0.25, -0.2) is 4.98 Å². The fraction of sp³-hybridized carbons (Fsp3) is 0. The second-order valence-corrected chi connectivity index (χ2v) is 7.62. The Hall–Kier alpha value is -4.51. The van der Waals surface area contributed by atoms with Gasteiger partial charge in [0.15, 0.2) is 5.82 Å². The molecule has 0 saturated carbocycles. The summed E-state index contributed by atoms with van der Waals surface area (Å²) in [6, 6.07) is 34.6. The highest BCUT2D eigenvalue weighted by molar-refractivity contribution is 6.01. The number of benzene rings is 4. The minimum atomic E-state index is 0.721. The van der Waals surface area contributed by atoms with Crippen molar-refractivity contribution in [3.05, 3.63) is 103 Å². The van der Waals surface area contributed by atoms with E-state index < -0.39 is 0 Å². The number of hydrogen-bond donors (Lipinski definition) is 2. The van der Waals surface area contributed by atoms with Crippen LogP contribution in [0, 0.1) is 0 Å². The Morgan fingerprint density at radius 2 is 1.31 bits per heavy atom. The molecule has 0 aliphatic carbocycles. The third-order valence-electron chi connectivity index (χ3n) is 5.53. The lowest BCUT2D eigenvalue weighted by molar-refractivity contribution is 1.06.